The second-order valence-electron chi connectivity index (χ2n) is 10.0. The average Bonchev–Trinajstić information content (AvgIpc) is 2.96. The molecule has 4 aromatic rings. The molecule has 0 saturated carbocycles. The van der Waals surface area contributed by atoms with E-state index in [9.17, 15) is 0 Å². The summed E-state index contributed by atoms with van der Waals surface area (Å²) in [7, 11) is 0. The van der Waals surface area contributed by atoms with E-state index in [2.05, 4.69) is 100 Å². The van der Waals surface area contributed by atoms with Crippen molar-refractivity contribution in [1.82, 2.24) is 0 Å². The van der Waals surface area contributed by atoms with Gasteiger partial charge in [-0.05, 0) is 0 Å². The molecular weight excluding hydrogens is 471 g/mol. The maximum absolute atomic E-state index is 4.70. The minimum atomic E-state index is -2.31. The second-order valence-corrected chi connectivity index (χ2v) is 20.9. The van der Waals surface area contributed by atoms with Crippen LogP contribution >= 0.6 is 20.8 Å². The van der Waals surface area contributed by atoms with Crippen molar-refractivity contribution >= 4 is 42.3 Å². The standard InChI is InChI=1S/C30H34BrP/c1-5-21(3)32(31,22(4)6-2)19-25-17-15-23-11-7-9-13-27(23)29(25)30-26(20-32)18-16-24-12-8-10-14-28(24)30/h7-18,21-22H,5-6,19-20H2,1-4H3. The van der Waals surface area contributed by atoms with Crippen LogP contribution in [-0.2, 0) is 12.3 Å². The molecule has 0 radical (unpaired) electrons. The van der Waals surface area contributed by atoms with E-state index in [1.165, 1.54) is 69.0 Å². The van der Waals surface area contributed by atoms with Crippen LogP contribution in [0.15, 0.2) is 72.8 Å². The molecule has 2 atom stereocenters. The summed E-state index contributed by atoms with van der Waals surface area (Å²) < 4.78 is 0. The predicted molar refractivity (Wildman–Crippen MR) is 150 cm³/mol. The number of rotatable bonds is 4. The van der Waals surface area contributed by atoms with E-state index in [4.69, 9.17) is 15.5 Å². The van der Waals surface area contributed by atoms with Crippen LogP contribution in [0.2, 0.25) is 0 Å². The van der Waals surface area contributed by atoms with Crippen LogP contribution in [0.5, 0.6) is 0 Å². The van der Waals surface area contributed by atoms with E-state index in [1.807, 2.05) is 0 Å². The van der Waals surface area contributed by atoms with Gasteiger partial charge in [-0.15, -0.1) is 0 Å². The van der Waals surface area contributed by atoms with E-state index in [1.54, 1.807) is 0 Å². The third-order valence-electron chi connectivity index (χ3n) is 8.60. The van der Waals surface area contributed by atoms with E-state index < -0.39 is 5.31 Å². The molecule has 0 saturated heterocycles. The molecule has 0 N–H and O–H groups in total. The molecule has 32 heavy (non-hydrogen) atoms. The number of fused-ring (bicyclic) bond motifs is 7. The van der Waals surface area contributed by atoms with Gasteiger partial charge in [-0.25, -0.2) is 0 Å². The Morgan fingerprint density at radius 1 is 0.656 bits per heavy atom. The minimum absolute atomic E-state index is 0.674. The van der Waals surface area contributed by atoms with Gasteiger partial charge in [-0.3, -0.25) is 0 Å². The summed E-state index contributed by atoms with van der Waals surface area (Å²) in [5.41, 5.74) is 7.38. The molecule has 1 aliphatic rings. The second kappa shape index (κ2) is 7.96. The Hall–Kier alpha value is -1.69. The van der Waals surface area contributed by atoms with Gasteiger partial charge in [0, 0.05) is 0 Å². The number of benzene rings is 4. The van der Waals surface area contributed by atoms with Crippen molar-refractivity contribution in [1.29, 1.82) is 0 Å². The van der Waals surface area contributed by atoms with E-state index in [0.29, 0.717) is 11.3 Å². The maximum atomic E-state index is 4.70. The summed E-state index contributed by atoms with van der Waals surface area (Å²) in [5.74, 6) is 0. The molecule has 0 aromatic heterocycles. The predicted octanol–water partition coefficient (Wildman–Crippen LogP) is 10.1. The van der Waals surface area contributed by atoms with Gasteiger partial charge in [0.15, 0.2) is 0 Å². The van der Waals surface area contributed by atoms with Crippen molar-refractivity contribution < 1.29 is 0 Å². The van der Waals surface area contributed by atoms with Crippen molar-refractivity contribution in [3.05, 3.63) is 83.9 Å². The summed E-state index contributed by atoms with van der Waals surface area (Å²) in [6.45, 7) is 9.81. The Bertz CT molecular complexity index is 1220. The molecule has 0 nitrogen and oxygen atoms in total. The Kier molecular flexibility index (Phi) is 5.51. The third kappa shape index (κ3) is 3.12. The molecule has 0 aliphatic carbocycles. The Morgan fingerprint density at radius 3 is 1.47 bits per heavy atom. The van der Waals surface area contributed by atoms with Gasteiger partial charge in [0.25, 0.3) is 0 Å². The van der Waals surface area contributed by atoms with E-state index >= 15 is 0 Å². The zero-order chi connectivity index (χ0) is 22.5. The van der Waals surface area contributed by atoms with Crippen LogP contribution in [0.1, 0.15) is 51.7 Å². The molecule has 166 valence electrons. The monoisotopic (exact) mass is 504 g/mol. The molecule has 5 rings (SSSR count). The molecule has 0 fully saturated rings. The molecule has 0 bridgehead atoms. The first-order valence-corrected chi connectivity index (χ1v) is 16.9. The molecule has 0 amide bonds. The first-order valence-electron chi connectivity index (χ1n) is 12.1. The normalized spacial score (nSPS) is 19.8. The SMILES string of the molecule is CCC(C)P1(Br)(C(C)CC)Cc2ccc3ccccc3c2-c2c(ccc3ccccc23)C1. The van der Waals surface area contributed by atoms with Gasteiger partial charge in [-0.2, -0.15) is 0 Å². The summed E-state index contributed by atoms with van der Waals surface area (Å²) in [4.78, 5) is 0. The van der Waals surface area contributed by atoms with Gasteiger partial charge in [-0.1, -0.05) is 0 Å². The zero-order valence-electron chi connectivity index (χ0n) is 19.7. The van der Waals surface area contributed by atoms with Crippen molar-refractivity contribution in [3.63, 3.8) is 0 Å². The third-order valence-corrected chi connectivity index (χ3v) is 21.3. The summed E-state index contributed by atoms with van der Waals surface area (Å²) in [6.07, 6.45) is 4.80. The van der Waals surface area contributed by atoms with Crippen molar-refractivity contribution in [2.75, 3.05) is 0 Å². The molecular formula is C30H34BrP. The first kappa shape index (κ1) is 22.1. The average molecular weight is 505 g/mol. The van der Waals surface area contributed by atoms with Crippen LogP contribution in [0, 0.1) is 0 Å². The number of hydrogen-bond donors (Lipinski definition) is 0. The van der Waals surface area contributed by atoms with Gasteiger partial charge in [0.2, 0.25) is 0 Å². The molecule has 0 spiro atoms. The summed E-state index contributed by atoms with van der Waals surface area (Å²) >= 11 is 4.70. The number of halogens is 1. The first-order chi connectivity index (χ1) is 15.4. The van der Waals surface area contributed by atoms with Gasteiger partial charge >= 0.3 is 202 Å². The molecule has 2 unspecified atom stereocenters. The van der Waals surface area contributed by atoms with Gasteiger partial charge < -0.3 is 0 Å². The Labute approximate surface area is 201 Å². The molecule has 4 aromatic carbocycles. The summed E-state index contributed by atoms with van der Waals surface area (Å²) in [6, 6.07) is 27.5. The van der Waals surface area contributed by atoms with Crippen molar-refractivity contribution in [2.45, 2.75) is 64.2 Å². The quantitative estimate of drug-likeness (QED) is 0.242. The van der Waals surface area contributed by atoms with Crippen LogP contribution in [0.25, 0.3) is 32.7 Å². The topological polar surface area (TPSA) is 0 Å². The fourth-order valence-electron chi connectivity index (χ4n) is 6.23. The molecule has 1 aliphatic heterocycles. The zero-order valence-corrected chi connectivity index (χ0v) is 22.2. The van der Waals surface area contributed by atoms with Gasteiger partial charge in [0.05, 0.1) is 0 Å². The van der Waals surface area contributed by atoms with Crippen molar-refractivity contribution in [2.24, 2.45) is 0 Å². The fraction of sp³-hybridized carbons (Fsp3) is 0.333. The van der Waals surface area contributed by atoms with E-state index in [-0.39, 0.29) is 0 Å². The van der Waals surface area contributed by atoms with Crippen LogP contribution in [0.4, 0.5) is 0 Å². The van der Waals surface area contributed by atoms with Crippen LogP contribution < -0.4 is 0 Å². The molecule has 2 heteroatoms. The molecule has 1 heterocycles. The Morgan fingerprint density at radius 2 is 1.06 bits per heavy atom. The fourth-order valence-corrected chi connectivity index (χ4v) is 15.6. The van der Waals surface area contributed by atoms with Crippen molar-refractivity contribution in [3.8, 4) is 11.1 Å². The van der Waals surface area contributed by atoms with E-state index in [0.717, 1.165) is 0 Å². The summed E-state index contributed by atoms with van der Waals surface area (Å²) in [5, 5.41) is 3.17. The van der Waals surface area contributed by atoms with Crippen LogP contribution in [-0.4, -0.2) is 11.3 Å². The number of hydrogen-bond acceptors (Lipinski definition) is 0. The van der Waals surface area contributed by atoms with Gasteiger partial charge in [0.1, 0.15) is 0 Å². The van der Waals surface area contributed by atoms with Crippen LogP contribution in [0.3, 0.4) is 0 Å². The Balaban J connectivity index is 1.97.